The van der Waals surface area contributed by atoms with Crippen molar-refractivity contribution < 1.29 is 9.90 Å². The van der Waals surface area contributed by atoms with E-state index in [2.05, 4.69) is 35.5 Å². The fourth-order valence-corrected chi connectivity index (χ4v) is 4.83. The van der Waals surface area contributed by atoms with Crippen LogP contribution in [0.4, 0.5) is 0 Å². The van der Waals surface area contributed by atoms with Crippen LogP contribution in [-0.4, -0.2) is 26.8 Å². The van der Waals surface area contributed by atoms with E-state index < -0.39 is 0 Å². The fraction of sp³-hybridized carbons (Fsp3) is 0.250. The second kappa shape index (κ2) is 7.31. The van der Waals surface area contributed by atoms with Gasteiger partial charge in [0.2, 0.25) is 0 Å². The van der Waals surface area contributed by atoms with Gasteiger partial charge in [0.15, 0.2) is 5.12 Å². The Labute approximate surface area is 160 Å². The lowest BCUT2D eigenvalue weighted by Crippen LogP contribution is -1.98. The van der Waals surface area contributed by atoms with Gasteiger partial charge < -0.3 is 5.11 Å². The van der Waals surface area contributed by atoms with Gasteiger partial charge in [0.25, 0.3) is 0 Å². The van der Waals surface area contributed by atoms with E-state index in [1.54, 1.807) is 17.5 Å². The highest BCUT2D eigenvalue weighted by atomic mass is 32.2. The van der Waals surface area contributed by atoms with Gasteiger partial charge in [-0.1, -0.05) is 36.9 Å². The molecular formula is C20H18N2O2S2. The van der Waals surface area contributed by atoms with Crippen molar-refractivity contribution in [3.8, 4) is 10.7 Å². The molecule has 0 saturated carbocycles. The number of carbonyl (C=O) groups is 1. The van der Waals surface area contributed by atoms with E-state index in [-0.39, 0.29) is 17.6 Å². The molecule has 1 aromatic carbocycles. The van der Waals surface area contributed by atoms with E-state index in [4.69, 9.17) is 10.1 Å². The van der Waals surface area contributed by atoms with E-state index in [1.807, 2.05) is 12.1 Å². The maximum atomic E-state index is 11.6. The number of rotatable bonds is 5. The van der Waals surface area contributed by atoms with Crippen molar-refractivity contribution >= 4 is 28.2 Å². The molecule has 1 N–H and O–H groups in total. The van der Waals surface area contributed by atoms with Crippen molar-refractivity contribution in [2.45, 2.75) is 30.6 Å². The quantitative estimate of drug-likeness (QED) is 0.721. The summed E-state index contributed by atoms with van der Waals surface area (Å²) in [6.45, 7) is 2.27. The Morgan fingerprint density at radius 3 is 2.92 bits per heavy atom. The molecule has 4 rings (SSSR count). The minimum absolute atomic E-state index is 0.130. The molecule has 0 amide bonds. The Bertz CT molecular complexity index is 951. The minimum Gasteiger partial charge on any atom is -0.396 e. The molecule has 132 valence electrons. The van der Waals surface area contributed by atoms with E-state index >= 15 is 0 Å². The average Bonchev–Trinajstić information content (AvgIpc) is 3.27. The summed E-state index contributed by atoms with van der Waals surface area (Å²) in [6.07, 6.45) is 2.95. The third kappa shape index (κ3) is 3.45. The summed E-state index contributed by atoms with van der Waals surface area (Å²) in [5.41, 5.74) is 5.19. The number of carbonyl (C=O) groups excluding carboxylic acids is 1. The monoisotopic (exact) mass is 382 g/mol. The van der Waals surface area contributed by atoms with E-state index in [0.717, 1.165) is 32.4 Å². The molecule has 0 bridgehead atoms. The Morgan fingerprint density at radius 2 is 2.15 bits per heavy atom. The maximum absolute atomic E-state index is 11.6. The molecule has 0 aliphatic carbocycles. The third-order valence-electron chi connectivity index (χ3n) is 4.56. The normalized spacial score (nSPS) is 14.5. The molecule has 26 heavy (non-hydrogen) atoms. The van der Waals surface area contributed by atoms with Crippen LogP contribution < -0.4 is 0 Å². The summed E-state index contributed by atoms with van der Waals surface area (Å²) in [4.78, 5) is 21.9. The minimum atomic E-state index is 0.130. The zero-order chi connectivity index (χ0) is 18.1. The lowest BCUT2D eigenvalue weighted by Gasteiger charge is -2.10. The number of benzene rings is 1. The summed E-state index contributed by atoms with van der Waals surface area (Å²) in [5, 5.41) is 12.2. The van der Waals surface area contributed by atoms with Crippen molar-refractivity contribution in [3.05, 3.63) is 64.3 Å². The summed E-state index contributed by atoms with van der Waals surface area (Å²) < 4.78 is 0. The van der Waals surface area contributed by atoms with Gasteiger partial charge in [0.1, 0.15) is 5.01 Å². The highest BCUT2D eigenvalue weighted by Crippen LogP contribution is 2.36. The van der Waals surface area contributed by atoms with Gasteiger partial charge >= 0.3 is 0 Å². The number of aliphatic hydroxyl groups excluding tert-OH is 1. The molecule has 6 heteroatoms. The second-order valence-corrected chi connectivity index (χ2v) is 8.30. The third-order valence-corrected chi connectivity index (χ3v) is 6.41. The first-order valence-electron chi connectivity index (χ1n) is 8.49. The summed E-state index contributed by atoms with van der Waals surface area (Å²) in [5.74, 6) is 0.162. The van der Waals surface area contributed by atoms with Crippen LogP contribution in [0.15, 0.2) is 46.8 Å². The predicted molar refractivity (Wildman–Crippen MR) is 105 cm³/mol. The lowest BCUT2D eigenvalue weighted by molar-refractivity contribution is -0.110. The first-order valence-corrected chi connectivity index (χ1v) is 10.2. The van der Waals surface area contributed by atoms with Crippen LogP contribution in [0.2, 0.25) is 0 Å². The van der Waals surface area contributed by atoms with Gasteiger partial charge in [-0.3, -0.25) is 9.78 Å². The molecule has 3 heterocycles. The molecule has 1 aliphatic rings. The molecule has 3 aromatic rings. The SMILES string of the molecule is CC(c1ccc2c(c1)SC(=O)C2)c1csc(-c2ccc(CCO)cn2)n1. The van der Waals surface area contributed by atoms with Gasteiger partial charge in [-0.25, -0.2) is 4.98 Å². The topological polar surface area (TPSA) is 63.1 Å². The maximum Gasteiger partial charge on any atom is 0.198 e. The Balaban J connectivity index is 1.56. The molecule has 2 aromatic heterocycles. The van der Waals surface area contributed by atoms with Gasteiger partial charge in [-0.2, -0.15) is 0 Å². The predicted octanol–water partition coefficient (Wildman–Crippen LogP) is 4.07. The van der Waals surface area contributed by atoms with Crippen molar-refractivity contribution in [2.75, 3.05) is 6.61 Å². The largest absolute Gasteiger partial charge is 0.396 e. The standard InChI is InChI=1S/C20H18N2O2S2/c1-12(14-3-4-15-9-19(24)26-18(15)8-14)17-11-25-20(22-17)16-5-2-13(6-7-23)10-21-16/h2-5,8,10-12,23H,6-7,9H2,1H3. The molecular weight excluding hydrogens is 364 g/mol. The smallest absolute Gasteiger partial charge is 0.198 e. The number of aromatic nitrogens is 2. The van der Waals surface area contributed by atoms with E-state index in [9.17, 15) is 4.79 Å². The molecule has 1 atom stereocenters. The Kier molecular flexibility index (Phi) is 4.89. The van der Waals surface area contributed by atoms with Gasteiger partial charge in [0, 0.05) is 35.4 Å². The molecule has 0 fully saturated rings. The van der Waals surface area contributed by atoms with Crippen LogP contribution in [0.25, 0.3) is 10.7 Å². The number of thioether (sulfide) groups is 1. The summed E-state index contributed by atoms with van der Waals surface area (Å²) >= 11 is 2.93. The first kappa shape index (κ1) is 17.4. The van der Waals surface area contributed by atoms with Crippen molar-refractivity contribution in [3.63, 3.8) is 0 Å². The molecule has 1 unspecified atom stereocenters. The zero-order valence-corrected chi connectivity index (χ0v) is 15.9. The van der Waals surface area contributed by atoms with E-state index in [0.29, 0.717) is 12.8 Å². The Morgan fingerprint density at radius 1 is 1.27 bits per heavy atom. The van der Waals surface area contributed by atoms with Gasteiger partial charge in [-0.15, -0.1) is 11.3 Å². The number of fused-ring (bicyclic) bond motifs is 1. The van der Waals surface area contributed by atoms with E-state index in [1.165, 1.54) is 17.3 Å². The van der Waals surface area contributed by atoms with Gasteiger partial charge in [0.05, 0.1) is 11.4 Å². The molecule has 0 radical (unpaired) electrons. The van der Waals surface area contributed by atoms with Crippen LogP contribution in [-0.2, 0) is 17.6 Å². The zero-order valence-electron chi connectivity index (χ0n) is 14.3. The number of nitrogens with zero attached hydrogens (tertiary/aromatic N) is 2. The summed E-state index contributed by atoms with van der Waals surface area (Å²) in [6, 6.07) is 10.2. The fourth-order valence-electron chi connectivity index (χ4n) is 3.00. The van der Waals surface area contributed by atoms with Crippen LogP contribution in [0.1, 0.15) is 35.2 Å². The van der Waals surface area contributed by atoms with Crippen LogP contribution >= 0.6 is 23.1 Å². The average molecular weight is 383 g/mol. The van der Waals surface area contributed by atoms with Crippen molar-refractivity contribution in [1.29, 1.82) is 0 Å². The van der Waals surface area contributed by atoms with Crippen molar-refractivity contribution in [1.82, 2.24) is 9.97 Å². The lowest BCUT2D eigenvalue weighted by atomic mass is 9.97. The molecule has 0 spiro atoms. The first-order chi connectivity index (χ1) is 12.6. The number of pyridine rings is 1. The highest BCUT2D eigenvalue weighted by molar-refractivity contribution is 8.14. The van der Waals surface area contributed by atoms with Crippen LogP contribution in [0, 0.1) is 0 Å². The Hall–Kier alpha value is -2.02. The van der Waals surface area contributed by atoms with Crippen molar-refractivity contribution in [2.24, 2.45) is 0 Å². The number of hydrogen-bond donors (Lipinski definition) is 1. The molecule has 0 saturated heterocycles. The number of aliphatic hydroxyl groups is 1. The number of thiazole rings is 1. The molecule has 1 aliphatic heterocycles. The molecule has 4 nitrogen and oxygen atoms in total. The highest BCUT2D eigenvalue weighted by Gasteiger charge is 2.21. The second-order valence-electron chi connectivity index (χ2n) is 6.34. The number of hydrogen-bond acceptors (Lipinski definition) is 6. The summed E-state index contributed by atoms with van der Waals surface area (Å²) in [7, 11) is 0. The van der Waals surface area contributed by atoms with Gasteiger partial charge in [-0.05, 0) is 35.2 Å². The van der Waals surface area contributed by atoms with Crippen LogP contribution in [0.5, 0.6) is 0 Å². The van der Waals surface area contributed by atoms with Crippen LogP contribution in [0.3, 0.4) is 0 Å².